The number of aromatic nitrogens is 5. The zero-order chi connectivity index (χ0) is 26.1. The van der Waals surface area contributed by atoms with Gasteiger partial charge in [0.05, 0.1) is 5.69 Å². The Kier molecular flexibility index (Phi) is 5.28. The molecule has 6 rings (SSSR count). The van der Waals surface area contributed by atoms with Gasteiger partial charge in [0, 0.05) is 35.4 Å². The standard InChI is InChI=1S/C28H32FN7O/c1-16(2)35-25(37)19-15-30-26(32-18-6-7-20-17(14-18)10-13-31-28(20)11-12-28)34-24(19)36(35)22-9-8-21(29)23(33-22)27(3,4)5/h6-9,14-16,31H,10-13H2,1-5H3,(H,30,32,34). The Hall–Kier alpha value is -3.59. The van der Waals surface area contributed by atoms with E-state index < -0.39 is 5.41 Å². The summed E-state index contributed by atoms with van der Waals surface area (Å²) in [4.78, 5) is 27.2. The van der Waals surface area contributed by atoms with Crippen molar-refractivity contribution in [3.05, 3.63) is 69.5 Å². The number of pyridine rings is 1. The molecule has 1 fully saturated rings. The lowest BCUT2D eigenvalue weighted by molar-refractivity contribution is 0.462. The molecule has 2 aliphatic rings. The van der Waals surface area contributed by atoms with Crippen molar-refractivity contribution < 1.29 is 4.39 Å². The number of benzene rings is 1. The Bertz CT molecular complexity index is 1590. The second-order valence-electron chi connectivity index (χ2n) is 11.5. The van der Waals surface area contributed by atoms with Gasteiger partial charge in [0.15, 0.2) is 11.5 Å². The molecule has 1 aromatic carbocycles. The van der Waals surface area contributed by atoms with Gasteiger partial charge < -0.3 is 10.6 Å². The molecular weight excluding hydrogens is 469 g/mol. The van der Waals surface area contributed by atoms with Crippen molar-refractivity contribution in [2.45, 2.75) is 70.9 Å². The molecule has 1 saturated carbocycles. The number of halogens is 1. The predicted molar refractivity (Wildman–Crippen MR) is 142 cm³/mol. The topological polar surface area (TPSA) is 89.7 Å². The normalized spacial score (nSPS) is 16.4. The second-order valence-corrected chi connectivity index (χ2v) is 11.5. The first-order chi connectivity index (χ1) is 17.6. The molecule has 0 radical (unpaired) electrons. The fourth-order valence-corrected chi connectivity index (χ4v) is 5.40. The van der Waals surface area contributed by atoms with E-state index >= 15 is 0 Å². The van der Waals surface area contributed by atoms with Crippen LogP contribution in [0.2, 0.25) is 0 Å². The van der Waals surface area contributed by atoms with E-state index in [-0.39, 0.29) is 23.0 Å². The van der Waals surface area contributed by atoms with Gasteiger partial charge in [0.25, 0.3) is 5.56 Å². The molecule has 37 heavy (non-hydrogen) atoms. The van der Waals surface area contributed by atoms with E-state index in [1.165, 1.54) is 30.0 Å². The van der Waals surface area contributed by atoms with Gasteiger partial charge in [-0.15, -0.1) is 0 Å². The van der Waals surface area contributed by atoms with Crippen molar-refractivity contribution in [1.29, 1.82) is 0 Å². The summed E-state index contributed by atoms with van der Waals surface area (Å²) in [7, 11) is 0. The van der Waals surface area contributed by atoms with Gasteiger partial charge in [0.2, 0.25) is 5.95 Å². The van der Waals surface area contributed by atoms with E-state index in [9.17, 15) is 9.18 Å². The van der Waals surface area contributed by atoms with Gasteiger partial charge in [-0.3, -0.25) is 4.79 Å². The Morgan fingerprint density at radius 3 is 2.62 bits per heavy atom. The smallest absolute Gasteiger partial charge is 0.278 e. The quantitative estimate of drug-likeness (QED) is 0.415. The number of fused-ring (bicyclic) bond motifs is 3. The molecule has 0 unspecified atom stereocenters. The highest BCUT2D eigenvalue weighted by molar-refractivity contribution is 5.77. The molecule has 0 saturated heterocycles. The third-order valence-corrected chi connectivity index (χ3v) is 7.36. The second kappa shape index (κ2) is 8.21. The molecule has 1 aliphatic carbocycles. The first-order valence-electron chi connectivity index (χ1n) is 12.9. The number of rotatable bonds is 4. The zero-order valence-corrected chi connectivity index (χ0v) is 21.9. The average Bonchev–Trinajstić information content (AvgIpc) is 3.54. The Labute approximate surface area is 214 Å². The molecule has 9 heteroatoms. The van der Waals surface area contributed by atoms with E-state index in [2.05, 4.69) is 38.8 Å². The highest BCUT2D eigenvalue weighted by atomic mass is 19.1. The molecule has 2 N–H and O–H groups in total. The number of hydrogen-bond donors (Lipinski definition) is 2. The van der Waals surface area contributed by atoms with Gasteiger partial charge in [-0.05, 0) is 68.5 Å². The monoisotopic (exact) mass is 501 g/mol. The molecule has 8 nitrogen and oxygen atoms in total. The lowest BCUT2D eigenvalue weighted by Gasteiger charge is -2.27. The summed E-state index contributed by atoms with van der Waals surface area (Å²) in [5.74, 6) is 0.446. The van der Waals surface area contributed by atoms with Crippen LogP contribution in [0.5, 0.6) is 0 Å². The van der Waals surface area contributed by atoms with E-state index in [0.29, 0.717) is 28.5 Å². The van der Waals surface area contributed by atoms with Crippen LogP contribution in [0.4, 0.5) is 16.0 Å². The van der Waals surface area contributed by atoms with Crippen LogP contribution in [0.1, 0.15) is 70.3 Å². The minimum absolute atomic E-state index is 0.172. The van der Waals surface area contributed by atoms with Crippen molar-refractivity contribution in [2.75, 3.05) is 11.9 Å². The summed E-state index contributed by atoms with van der Waals surface area (Å²) in [6.07, 6.45) is 4.91. The summed E-state index contributed by atoms with van der Waals surface area (Å²) in [5.41, 5.74) is 3.85. The maximum absolute atomic E-state index is 14.7. The van der Waals surface area contributed by atoms with Crippen molar-refractivity contribution >= 4 is 22.7 Å². The minimum Gasteiger partial charge on any atom is -0.324 e. The van der Waals surface area contributed by atoms with Gasteiger partial charge in [-0.1, -0.05) is 26.8 Å². The number of nitrogens with zero attached hydrogens (tertiary/aromatic N) is 5. The highest BCUT2D eigenvalue weighted by Gasteiger charge is 2.46. The molecule has 0 amide bonds. The van der Waals surface area contributed by atoms with Crippen LogP contribution in [-0.2, 0) is 17.4 Å². The van der Waals surface area contributed by atoms with E-state index in [1.54, 1.807) is 21.6 Å². The molecule has 1 aliphatic heterocycles. The summed E-state index contributed by atoms with van der Waals surface area (Å²) >= 11 is 0. The fourth-order valence-electron chi connectivity index (χ4n) is 5.40. The largest absolute Gasteiger partial charge is 0.324 e. The highest BCUT2D eigenvalue weighted by Crippen LogP contribution is 2.48. The number of hydrogen-bond acceptors (Lipinski definition) is 6. The van der Waals surface area contributed by atoms with Crippen molar-refractivity contribution in [2.24, 2.45) is 0 Å². The summed E-state index contributed by atoms with van der Waals surface area (Å²) < 4.78 is 17.9. The Balaban J connectivity index is 1.45. The van der Waals surface area contributed by atoms with Crippen LogP contribution in [-0.4, -0.2) is 30.9 Å². The maximum atomic E-state index is 14.7. The Morgan fingerprint density at radius 1 is 1.14 bits per heavy atom. The molecule has 0 bridgehead atoms. The molecule has 192 valence electrons. The minimum atomic E-state index is -0.505. The van der Waals surface area contributed by atoms with Gasteiger partial charge in [-0.2, -0.15) is 4.98 Å². The van der Waals surface area contributed by atoms with Crippen LogP contribution in [0.3, 0.4) is 0 Å². The van der Waals surface area contributed by atoms with Crippen LogP contribution in [0.25, 0.3) is 16.9 Å². The first-order valence-corrected chi connectivity index (χ1v) is 12.9. The molecule has 0 atom stereocenters. The van der Waals surface area contributed by atoms with Crippen LogP contribution in [0.15, 0.2) is 41.3 Å². The van der Waals surface area contributed by atoms with Crippen LogP contribution >= 0.6 is 0 Å². The van der Waals surface area contributed by atoms with E-state index in [0.717, 1.165) is 18.7 Å². The third kappa shape index (κ3) is 3.92. The molecule has 4 heterocycles. The predicted octanol–water partition coefficient (Wildman–Crippen LogP) is 4.87. The zero-order valence-electron chi connectivity index (χ0n) is 21.9. The summed E-state index contributed by atoms with van der Waals surface area (Å²) in [6, 6.07) is 9.24. The lowest BCUT2D eigenvalue weighted by atomic mass is 9.91. The molecule has 3 aromatic heterocycles. The summed E-state index contributed by atoms with van der Waals surface area (Å²) in [5, 5.41) is 7.37. The Morgan fingerprint density at radius 2 is 1.92 bits per heavy atom. The SMILES string of the molecule is CC(C)n1c(=O)c2cnc(Nc3ccc4c(c3)CCNC43CC3)nc2n1-c1ccc(F)c(C(C)(C)C)n1. The van der Waals surface area contributed by atoms with Crippen molar-refractivity contribution in [3.63, 3.8) is 0 Å². The van der Waals surface area contributed by atoms with Crippen LogP contribution < -0.4 is 16.2 Å². The molecular formula is C28H32FN7O. The lowest BCUT2D eigenvalue weighted by Crippen LogP contribution is -2.36. The summed E-state index contributed by atoms with van der Waals surface area (Å²) in [6.45, 7) is 10.6. The first kappa shape index (κ1) is 23.8. The average molecular weight is 502 g/mol. The van der Waals surface area contributed by atoms with Gasteiger partial charge >= 0.3 is 0 Å². The van der Waals surface area contributed by atoms with Crippen molar-refractivity contribution in [1.82, 2.24) is 29.6 Å². The number of nitrogens with one attached hydrogen (secondary N) is 2. The van der Waals surface area contributed by atoms with Crippen molar-refractivity contribution in [3.8, 4) is 5.82 Å². The third-order valence-electron chi connectivity index (χ3n) is 7.36. The fraction of sp³-hybridized carbons (Fsp3) is 0.429. The maximum Gasteiger partial charge on any atom is 0.278 e. The van der Waals surface area contributed by atoms with Crippen LogP contribution in [0, 0.1) is 5.82 Å². The van der Waals surface area contributed by atoms with E-state index in [4.69, 9.17) is 4.98 Å². The number of anilines is 2. The molecule has 4 aromatic rings. The molecule has 1 spiro atoms. The van der Waals surface area contributed by atoms with E-state index in [1.807, 2.05) is 34.6 Å². The van der Waals surface area contributed by atoms with Gasteiger partial charge in [0.1, 0.15) is 11.2 Å². The van der Waals surface area contributed by atoms with Gasteiger partial charge in [-0.25, -0.2) is 23.7 Å².